The van der Waals surface area contributed by atoms with E-state index < -0.39 is 0 Å². The van der Waals surface area contributed by atoms with Crippen LogP contribution in [0, 0.1) is 0 Å². The van der Waals surface area contributed by atoms with Gasteiger partial charge in [0.25, 0.3) is 11.8 Å². The molecule has 1 aromatic carbocycles. The number of hydrogen-bond acceptors (Lipinski definition) is 5. The Labute approximate surface area is 113 Å². The summed E-state index contributed by atoms with van der Waals surface area (Å²) in [5.41, 5.74) is 0.552. The van der Waals surface area contributed by atoms with Crippen LogP contribution < -0.4 is 4.90 Å². The highest BCUT2D eigenvalue weighted by atomic mass is 79.9. The number of anilines is 1. The average Bonchev–Trinajstić information content (AvgIpc) is 2.99. The number of hydrogen-bond donors (Lipinski definition) is 1. The van der Waals surface area contributed by atoms with Crippen LogP contribution in [0.2, 0.25) is 0 Å². The van der Waals surface area contributed by atoms with Crippen molar-refractivity contribution in [1.82, 2.24) is 10.1 Å². The Morgan fingerprint density at radius 3 is 2.78 bits per heavy atom. The quantitative estimate of drug-likeness (QED) is 0.924. The molecule has 0 radical (unpaired) electrons. The van der Waals surface area contributed by atoms with Gasteiger partial charge < -0.3 is 14.5 Å². The lowest BCUT2D eigenvalue weighted by Gasteiger charge is -2.09. The highest BCUT2D eigenvalue weighted by Gasteiger charge is 2.19. The van der Waals surface area contributed by atoms with E-state index in [9.17, 15) is 5.11 Å². The third-order valence-electron chi connectivity index (χ3n) is 2.99. The molecule has 1 N–H and O–H groups in total. The van der Waals surface area contributed by atoms with E-state index in [1.807, 2.05) is 6.07 Å². The van der Waals surface area contributed by atoms with Crippen LogP contribution in [0.1, 0.15) is 12.8 Å². The van der Waals surface area contributed by atoms with Gasteiger partial charge in [-0.3, -0.25) is 0 Å². The molecule has 1 aliphatic rings. The summed E-state index contributed by atoms with van der Waals surface area (Å²) in [7, 11) is 0. The Morgan fingerprint density at radius 2 is 2.06 bits per heavy atom. The van der Waals surface area contributed by atoms with Crippen molar-refractivity contribution >= 4 is 21.9 Å². The van der Waals surface area contributed by atoms with Crippen molar-refractivity contribution in [3.8, 4) is 17.2 Å². The molecule has 18 heavy (non-hydrogen) atoms. The lowest BCUT2D eigenvalue weighted by Crippen LogP contribution is -2.18. The predicted molar refractivity (Wildman–Crippen MR) is 70.5 cm³/mol. The van der Waals surface area contributed by atoms with E-state index >= 15 is 0 Å². The molecule has 2 aromatic rings. The predicted octanol–water partition coefficient (Wildman–Crippen LogP) is 2.80. The molecule has 0 bridgehead atoms. The van der Waals surface area contributed by atoms with Gasteiger partial charge in [0, 0.05) is 17.6 Å². The van der Waals surface area contributed by atoms with Crippen molar-refractivity contribution in [2.24, 2.45) is 0 Å². The number of phenols is 1. The smallest absolute Gasteiger partial charge is 0.266 e. The molecule has 5 nitrogen and oxygen atoms in total. The number of benzene rings is 1. The zero-order valence-corrected chi connectivity index (χ0v) is 11.2. The lowest BCUT2D eigenvalue weighted by molar-refractivity contribution is 0.424. The van der Waals surface area contributed by atoms with Gasteiger partial charge in [-0.1, -0.05) is 15.9 Å². The molecular formula is C12H12BrN3O2. The maximum absolute atomic E-state index is 9.85. The molecule has 1 saturated heterocycles. The Hall–Kier alpha value is -1.56. The van der Waals surface area contributed by atoms with Crippen LogP contribution in [0.15, 0.2) is 27.2 Å². The molecule has 3 rings (SSSR count). The van der Waals surface area contributed by atoms with E-state index in [4.69, 9.17) is 4.52 Å². The van der Waals surface area contributed by atoms with Crippen molar-refractivity contribution in [3.05, 3.63) is 22.7 Å². The number of aromatic nitrogens is 2. The molecule has 0 unspecified atom stereocenters. The standard InChI is InChI=1S/C12H12BrN3O2/c13-8-3-4-9(10(17)7-8)11-14-12(15-18-11)16-5-1-2-6-16/h3-4,7,17H,1-2,5-6H2. The Morgan fingerprint density at radius 1 is 1.28 bits per heavy atom. The van der Waals surface area contributed by atoms with Crippen LogP contribution in [0.3, 0.4) is 0 Å². The number of halogens is 1. The molecular weight excluding hydrogens is 298 g/mol. The largest absolute Gasteiger partial charge is 0.507 e. The van der Waals surface area contributed by atoms with Gasteiger partial charge in [0.05, 0.1) is 5.56 Å². The monoisotopic (exact) mass is 309 g/mol. The van der Waals surface area contributed by atoms with Crippen LogP contribution in [-0.2, 0) is 0 Å². The van der Waals surface area contributed by atoms with Gasteiger partial charge in [-0.05, 0) is 36.2 Å². The molecule has 2 heterocycles. The molecule has 1 aromatic heterocycles. The first-order valence-corrected chi connectivity index (χ1v) is 6.61. The normalized spacial score (nSPS) is 15.3. The maximum atomic E-state index is 9.85. The minimum Gasteiger partial charge on any atom is -0.507 e. The van der Waals surface area contributed by atoms with Crippen molar-refractivity contribution in [3.63, 3.8) is 0 Å². The molecule has 1 aliphatic heterocycles. The Kier molecular flexibility index (Phi) is 2.95. The molecule has 0 spiro atoms. The first-order valence-electron chi connectivity index (χ1n) is 5.81. The second-order valence-corrected chi connectivity index (χ2v) is 5.17. The van der Waals surface area contributed by atoms with Crippen molar-refractivity contribution in [1.29, 1.82) is 0 Å². The summed E-state index contributed by atoms with van der Waals surface area (Å²) in [6.45, 7) is 1.93. The first kappa shape index (κ1) is 11.5. The fourth-order valence-corrected chi connectivity index (χ4v) is 2.41. The average molecular weight is 310 g/mol. The number of aromatic hydroxyl groups is 1. The van der Waals surface area contributed by atoms with Crippen LogP contribution in [0.5, 0.6) is 5.75 Å². The van der Waals surface area contributed by atoms with Gasteiger partial charge in [-0.15, -0.1) is 0 Å². The molecule has 0 amide bonds. The minimum atomic E-state index is 0.126. The number of phenolic OH excluding ortho intramolecular Hbond substituents is 1. The third-order valence-corrected chi connectivity index (χ3v) is 3.49. The molecule has 1 fully saturated rings. The fourth-order valence-electron chi connectivity index (χ4n) is 2.06. The van der Waals surface area contributed by atoms with Gasteiger partial charge in [0.2, 0.25) is 0 Å². The summed E-state index contributed by atoms with van der Waals surface area (Å²) in [6, 6.07) is 5.19. The summed E-state index contributed by atoms with van der Waals surface area (Å²) in [6.07, 6.45) is 2.32. The summed E-state index contributed by atoms with van der Waals surface area (Å²) < 4.78 is 6.01. The minimum absolute atomic E-state index is 0.126. The molecule has 0 atom stereocenters. The maximum Gasteiger partial charge on any atom is 0.266 e. The Bertz CT molecular complexity index is 564. The highest BCUT2D eigenvalue weighted by molar-refractivity contribution is 9.10. The van der Waals surface area contributed by atoms with Gasteiger partial charge in [-0.25, -0.2) is 0 Å². The first-order chi connectivity index (χ1) is 8.74. The molecule has 6 heteroatoms. The van der Waals surface area contributed by atoms with Gasteiger partial charge in [0.15, 0.2) is 0 Å². The van der Waals surface area contributed by atoms with Crippen LogP contribution in [-0.4, -0.2) is 28.3 Å². The van der Waals surface area contributed by atoms with E-state index in [1.165, 1.54) is 0 Å². The van der Waals surface area contributed by atoms with E-state index in [-0.39, 0.29) is 5.75 Å². The van der Waals surface area contributed by atoms with E-state index in [0.717, 1.165) is 30.4 Å². The van der Waals surface area contributed by atoms with Gasteiger partial charge >= 0.3 is 0 Å². The topological polar surface area (TPSA) is 62.4 Å². The highest BCUT2D eigenvalue weighted by Crippen LogP contribution is 2.31. The van der Waals surface area contributed by atoms with E-state index in [2.05, 4.69) is 31.0 Å². The van der Waals surface area contributed by atoms with E-state index in [0.29, 0.717) is 17.4 Å². The van der Waals surface area contributed by atoms with Crippen LogP contribution >= 0.6 is 15.9 Å². The zero-order valence-electron chi connectivity index (χ0n) is 9.64. The van der Waals surface area contributed by atoms with Gasteiger partial charge in [-0.2, -0.15) is 4.98 Å². The molecule has 0 aliphatic carbocycles. The number of nitrogens with zero attached hydrogens (tertiary/aromatic N) is 3. The van der Waals surface area contributed by atoms with Crippen molar-refractivity contribution in [2.75, 3.05) is 18.0 Å². The second-order valence-electron chi connectivity index (χ2n) is 4.26. The van der Waals surface area contributed by atoms with Crippen LogP contribution in [0.25, 0.3) is 11.5 Å². The van der Waals surface area contributed by atoms with Crippen molar-refractivity contribution in [2.45, 2.75) is 12.8 Å². The summed E-state index contributed by atoms with van der Waals surface area (Å²) in [5.74, 6) is 1.08. The summed E-state index contributed by atoms with van der Waals surface area (Å²) >= 11 is 3.29. The fraction of sp³-hybridized carbons (Fsp3) is 0.333. The molecule has 94 valence electrons. The Balaban J connectivity index is 1.92. The summed E-state index contributed by atoms with van der Waals surface area (Å²) in [5, 5.41) is 13.8. The third kappa shape index (κ3) is 2.08. The van der Waals surface area contributed by atoms with Gasteiger partial charge in [0.1, 0.15) is 5.75 Å². The lowest BCUT2D eigenvalue weighted by atomic mass is 10.2. The van der Waals surface area contributed by atoms with E-state index in [1.54, 1.807) is 12.1 Å². The zero-order chi connectivity index (χ0) is 12.5. The van der Waals surface area contributed by atoms with Crippen molar-refractivity contribution < 1.29 is 9.63 Å². The van der Waals surface area contributed by atoms with Crippen LogP contribution in [0.4, 0.5) is 5.95 Å². The summed E-state index contributed by atoms with van der Waals surface area (Å²) in [4.78, 5) is 6.41. The SMILES string of the molecule is Oc1cc(Br)ccc1-c1nc(N2CCCC2)no1. The second kappa shape index (κ2) is 4.61. The molecule has 0 saturated carbocycles. The number of rotatable bonds is 2.